The van der Waals surface area contributed by atoms with E-state index in [4.69, 9.17) is 4.74 Å². The van der Waals surface area contributed by atoms with E-state index in [1.165, 1.54) is 7.11 Å². The van der Waals surface area contributed by atoms with E-state index in [2.05, 4.69) is 0 Å². The highest BCUT2D eigenvalue weighted by molar-refractivity contribution is 6.09. The van der Waals surface area contributed by atoms with Crippen LogP contribution in [0.25, 0.3) is 16.8 Å². The van der Waals surface area contributed by atoms with Crippen LogP contribution in [0.5, 0.6) is 17.2 Å². The molecule has 0 spiro atoms. The molecule has 1 atom stereocenters. The highest BCUT2D eigenvalue weighted by Gasteiger charge is 2.29. The quantitative estimate of drug-likeness (QED) is 0.795. The average molecular weight is 342 g/mol. The number of aromatic hydroxyl groups is 2. The second-order valence-electron chi connectivity index (χ2n) is 6.79. The molecule has 2 aromatic carbocycles. The SMILES string of the molecule is COc1cc2cc3c(c(O)c2c(O)c1/C=C/C(C)C)C(=O)CC(O)C3. The number of rotatable bonds is 3. The van der Waals surface area contributed by atoms with Crippen LogP contribution in [0.4, 0.5) is 0 Å². The lowest BCUT2D eigenvalue weighted by molar-refractivity contribution is 0.0850. The molecule has 3 N–H and O–H groups in total. The summed E-state index contributed by atoms with van der Waals surface area (Å²) in [5, 5.41) is 32.0. The number of carbonyl (C=O) groups excluding carboxylic acids is 1. The standard InChI is InChI=1S/C20H22O5/c1-10(2)4-5-14-16(25-3)8-12-6-11-7-13(21)9-15(22)17(11)20(24)18(12)19(14)23/h4-6,8,10,13,21,23-24H,7,9H2,1-3H3/b5-4+. The number of phenols is 2. The van der Waals surface area contributed by atoms with E-state index < -0.39 is 6.10 Å². The minimum Gasteiger partial charge on any atom is -0.506 e. The number of hydrogen-bond acceptors (Lipinski definition) is 5. The maximum atomic E-state index is 12.3. The second-order valence-corrected chi connectivity index (χ2v) is 6.79. The molecule has 0 heterocycles. The zero-order valence-electron chi connectivity index (χ0n) is 14.5. The second kappa shape index (κ2) is 6.41. The number of allylic oxidation sites excluding steroid dienone is 1. The van der Waals surface area contributed by atoms with Crippen LogP contribution in [0.1, 0.15) is 41.8 Å². The molecule has 2 aromatic rings. The van der Waals surface area contributed by atoms with Gasteiger partial charge < -0.3 is 20.1 Å². The molecular weight excluding hydrogens is 320 g/mol. The van der Waals surface area contributed by atoms with E-state index in [9.17, 15) is 20.1 Å². The highest BCUT2D eigenvalue weighted by atomic mass is 16.5. The Morgan fingerprint density at radius 1 is 1.20 bits per heavy atom. The Morgan fingerprint density at radius 2 is 1.92 bits per heavy atom. The number of carbonyl (C=O) groups is 1. The number of aliphatic hydroxyl groups is 1. The fraction of sp³-hybridized carbons (Fsp3) is 0.350. The van der Waals surface area contributed by atoms with Gasteiger partial charge in [-0.15, -0.1) is 0 Å². The van der Waals surface area contributed by atoms with Crippen LogP contribution in [0.15, 0.2) is 18.2 Å². The predicted octanol–water partition coefficient (Wildman–Crippen LogP) is 3.42. The molecule has 132 valence electrons. The third kappa shape index (κ3) is 2.96. The van der Waals surface area contributed by atoms with E-state index in [0.29, 0.717) is 28.7 Å². The monoisotopic (exact) mass is 342 g/mol. The zero-order valence-corrected chi connectivity index (χ0v) is 14.5. The topological polar surface area (TPSA) is 87.0 Å². The summed E-state index contributed by atoms with van der Waals surface area (Å²) >= 11 is 0. The normalized spacial score (nSPS) is 17.5. The fourth-order valence-corrected chi connectivity index (χ4v) is 3.31. The Balaban J connectivity index is 2.32. The van der Waals surface area contributed by atoms with Crippen molar-refractivity contribution in [3.05, 3.63) is 34.9 Å². The van der Waals surface area contributed by atoms with Crippen LogP contribution < -0.4 is 4.74 Å². The van der Waals surface area contributed by atoms with Gasteiger partial charge in [0.05, 0.1) is 29.7 Å². The van der Waals surface area contributed by atoms with Crippen molar-refractivity contribution >= 4 is 22.6 Å². The van der Waals surface area contributed by atoms with Crippen LogP contribution in [0.2, 0.25) is 0 Å². The Labute approximate surface area is 146 Å². The van der Waals surface area contributed by atoms with E-state index in [-0.39, 0.29) is 40.6 Å². The Hall–Kier alpha value is -2.53. The largest absolute Gasteiger partial charge is 0.506 e. The molecule has 0 saturated heterocycles. The third-order valence-electron chi connectivity index (χ3n) is 4.48. The average Bonchev–Trinajstić information content (AvgIpc) is 2.52. The minimum absolute atomic E-state index is 0.0247. The van der Waals surface area contributed by atoms with Gasteiger partial charge >= 0.3 is 0 Å². The highest BCUT2D eigenvalue weighted by Crippen LogP contribution is 2.45. The molecule has 1 unspecified atom stereocenters. The Morgan fingerprint density at radius 3 is 2.56 bits per heavy atom. The maximum absolute atomic E-state index is 12.3. The van der Waals surface area contributed by atoms with Crippen molar-refractivity contribution in [1.29, 1.82) is 0 Å². The molecule has 1 aliphatic carbocycles. The number of phenolic OH excluding ortho intramolecular Hbond substituents is 2. The van der Waals surface area contributed by atoms with Crippen molar-refractivity contribution in [2.24, 2.45) is 5.92 Å². The van der Waals surface area contributed by atoms with Crippen LogP contribution >= 0.6 is 0 Å². The van der Waals surface area contributed by atoms with Crippen LogP contribution in [-0.2, 0) is 6.42 Å². The first-order valence-electron chi connectivity index (χ1n) is 8.31. The number of benzene rings is 2. The summed E-state index contributed by atoms with van der Waals surface area (Å²) in [6.07, 6.45) is 3.19. The maximum Gasteiger partial charge on any atom is 0.169 e. The fourth-order valence-electron chi connectivity index (χ4n) is 3.31. The van der Waals surface area contributed by atoms with Crippen molar-refractivity contribution in [2.75, 3.05) is 7.11 Å². The number of methoxy groups -OCH3 is 1. The molecule has 3 rings (SSSR count). The molecule has 0 amide bonds. The van der Waals surface area contributed by atoms with Gasteiger partial charge in [-0.25, -0.2) is 0 Å². The summed E-state index contributed by atoms with van der Waals surface area (Å²) in [4.78, 5) is 12.3. The molecule has 0 saturated carbocycles. The molecule has 0 fully saturated rings. The molecule has 0 aliphatic heterocycles. The van der Waals surface area contributed by atoms with Crippen molar-refractivity contribution in [3.63, 3.8) is 0 Å². The van der Waals surface area contributed by atoms with Crippen LogP contribution in [0.3, 0.4) is 0 Å². The Bertz CT molecular complexity index is 880. The minimum atomic E-state index is -0.749. The zero-order chi connectivity index (χ0) is 18.3. The molecule has 0 radical (unpaired) electrons. The van der Waals surface area contributed by atoms with E-state index in [0.717, 1.165) is 0 Å². The lowest BCUT2D eigenvalue weighted by atomic mass is 9.85. The van der Waals surface area contributed by atoms with Gasteiger partial charge in [0.1, 0.15) is 17.2 Å². The molecular formula is C20H22O5. The number of Topliss-reactive ketones (excluding diaryl/α,β-unsaturated/α-hetero) is 1. The lowest BCUT2D eigenvalue weighted by Crippen LogP contribution is -2.24. The molecule has 5 nitrogen and oxygen atoms in total. The van der Waals surface area contributed by atoms with E-state index in [1.807, 2.05) is 19.9 Å². The third-order valence-corrected chi connectivity index (χ3v) is 4.48. The van der Waals surface area contributed by atoms with Gasteiger partial charge in [-0.2, -0.15) is 0 Å². The van der Waals surface area contributed by atoms with Crippen LogP contribution in [-0.4, -0.2) is 34.3 Å². The molecule has 25 heavy (non-hydrogen) atoms. The number of ketones is 1. The first-order valence-corrected chi connectivity index (χ1v) is 8.31. The van der Waals surface area contributed by atoms with Gasteiger partial charge in [0.15, 0.2) is 5.78 Å². The van der Waals surface area contributed by atoms with Gasteiger partial charge in [0, 0.05) is 6.42 Å². The van der Waals surface area contributed by atoms with Gasteiger partial charge in [0.2, 0.25) is 0 Å². The van der Waals surface area contributed by atoms with Gasteiger partial charge in [-0.3, -0.25) is 4.79 Å². The molecule has 0 bridgehead atoms. The summed E-state index contributed by atoms with van der Waals surface area (Å²) in [5.74, 6) is 0.0841. The number of hydrogen-bond donors (Lipinski definition) is 3. The number of aliphatic hydroxyl groups excluding tert-OH is 1. The van der Waals surface area contributed by atoms with Crippen LogP contribution in [0, 0.1) is 5.92 Å². The molecule has 1 aliphatic rings. The van der Waals surface area contributed by atoms with E-state index in [1.54, 1.807) is 18.2 Å². The van der Waals surface area contributed by atoms with Gasteiger partial charge in [0.25, 0.3) is 0 Å². The van der Waals surface area contributed by atoms with Crippen molar-refractivity contribution in [1.82, 2.24) is 0 Å². The summed E-state index contributed by atoms with van der Waals surface area (Å²) in [5.41, 5.74) is 1.24. The van der Waals surface area contributed by atoms with E-state index >= 15 is 0 Å². The van der Waals surface area contributed by atoms with Crippen molar-refractivity contribution < 1.29 is 24.9 Å². The number of ether oxygens (including phenoxy) is 1. The van der Waals surface area contributed by atoms with Crippen molar-refractivity contribution in [2.45, 2.75) is 32.8 Å². The summed E-state index contributed by atoms with van der Waals surface area (Å²) in [6.45, 7) is 4.03. The first kappa shape index (κ1) is 17.3. The lowest BCUT2D eigenvalue weighted by Gasteiger charge is -2.22. The summed E-state index contributed by atoms with van der Waals surface area (Å²) < 4.78 is 5.38. The van der Waals surface area contributed by atoms with Gasteiger partial charge in [-0.1, -0.05) is 26.0 Å². The number of fused-ring (bicyclic) bond motifs is 2. The van der Waals surface area contributed by atoms with Crippen molar-refractivity contribution in [3.8, 4) is 17.2 Å². The van der Waals surface area contributed by atoms with Gasteiger partial charge in [-0.05, 0) is 35.4 Å². The summed E-state index contributed by atoms with van der Waals surface area (Å²) in [7, 11) is 1.51. The first-order chi connectivity index (χ1) is 11.8. The smallest absolute Gasteiger partial charge is 0.169 e. The molecule has 5 heteroatoms. The Kier molecular flexibility index (Phi) is 4.43. The summed E-state index contributed by atoms with van der Waals surface area (Å²) in [6, 6.07) is 3.45. The molecule has 0 aromatic heterocycles. The predicted molar refractivity (Wildman–Crippen MR) is 96.4 cm³/mol.